The monoisotopic (exact) mass is 316 g/mol. The van der Waals surface area contributed by atoms with E-state index in [0.29, 0.717) is 18.8 Å². The summed E-state index contributed by atoms with van der Waals surface area (Å²) in [6.07, 6.45) is 1.80. The molecule has 0 spiro atoms. The first-order valence-corrected chi connectivity index (χ1v) is 6.55. The van der Waals surface area contributed by atoms with Crippen LogP contribution >= 0.6 is 15.9 Å². The van der Waals surface area contributed by atoms with Crippen molar-refractivity contribution >= 4 is 27.8 Å². The molecular weight excluding hydrogens is 300 g/mol. The first kappa shape index (κ1) is 14.8. The Hall–Kier alpha value is -1.30. The number of carbonyl (C=O) groups excluding carboxylic acids is 2. The molecule has 0 aliphatic heterocycles. The summed E-state index contributed by atoms with van der Waals surface area (Å²) in [6.45, 7) is 4.33. The van der Waals surface area contributed by atoms with E-state index in [9.17, 15) is 9.59 Å². The first-order valence-electron chi connectivity index (χ1n) is 5.76. The van der Waals surface area contributed by atoms with E-state index in [2.05, 4.69) is 15.9 Å². The lowest BCUT2D eigenvalue weighted by molar-refractivity contribution is -0.143. The van der Waals surface area contributed by atoms with Gasteiger partial charge in [-0.3, -0.25) is 9.59 Å². The van der Waals surface area contributed by atoms with Gasteiger partial charge in [0.1, 0.15) is 12.2 Å². The molecule has 0 atom stereocenters. The van der Waals surface area contributed by atoms with Gasteiger partial charge in [-0.2, -0.15) is 0 Å². The smallest absolute Gasteiger partial charge is 0.325 e. The second-order valence-corrected chi connectivity index (χ2v) is 4.69. The summed E-state index contributed by atoms with van der Waals surface area (Å²) >= 11 is 3.31. The summed E-state index contributed by atoms with van der Waals surface area (Å²) in [4.78, 5) is 25.1. The first-order chi connectivity index (χ1) is 8.49. The molecule has 6 heteroatoms. The van der Waals surface area contributed by atoms with Crippen LogP contribution in [0.15, 0.2) is 16.7 Å². The molecule has 0 aliphatic rings. The van der Waals surface area contributed by atoms with Gasteiger partial charge in [-0.05, 0) is 35.8 Å². The molecular formula is C12H17BrN2O3. The highest BCUT2D eigenvalue weighted by atomic mass is 79.9. The molecule has 0 saturated heterocycles. The minimum atomic E-state index is -0.388. The zero-order chi connectivity index (χ0) is 13.7. The second kappa shape index (κ2) is 6.58. The average Bonchev–Trinajstić information content (AvgIpc) is 2.65. The number of carbonyl (C=O) groups is 2. The van der Waals surface area contributed by atoms with Gasteiger partial charge in [0.15, 0.2) is 0 Å². The highest BCUT2D eigenvalue weighted by Gasteiger charge is 2.20. The van der Waals surface area contributed by atoms with Crippen molar-refractivity contribution in [3.63, 3.8) is 0 Å². The van der Waals surface area contributed by atoms with Crippen LogP contribution in [-0.2, 0) is 16.6 Å². The molecule has 0 N–H and O–H groups in total. The summed E-state index contributed by atoms with van der Waals surface area (Å²) < 4.78 is 7.40. The summed E-state index contributed by atoms with van der Waals surface area (Å²) in [6, 6.07) is 1.73. The lowest BCUT2D eigenvalue weighted by atomic mass is 10.3. The van der Waals surface area contributed by atoms with Gasteiger partial charge in [-0.15, -0.1) is 0 Å². The molecule has 1 rings (SSSR count). The Balaban J connectivity index is 2.79. The van der Waals surface area contributed by atoms with E-state index < -0.39 is 0 Å². The Labute approximate surface area is 115 Å². The van der Waals surface area contributed by atoms with Crippen molar-refractivity contribution in [1.82, 2.24) is 9.47 Å². The highest BCUT2D eigenvalue weighted by molar-refractivity contribution is 9.10. The maximum atomic E-state index is 12.2. The van der Waals surface area contributed by atoms with Gasteiger partial charge in [0, 0.05) is 24.3 Å². The Morgan fingerprint density at radius 3 is 2.56 bits per heavy atom. The fourth-order valence-corrected chi connectivity index (χ4v) is 2.11. The van der Waals surface area contributed by atoms with Crippen molar-refractivity contribution in [1.29, 1.82) is 0 Å². The van der Waals surface area contributed by atoms with E-state index >= 15 is 0 Å². The molecule has 0 radical (unpaired) electrons. The quantitative estimate of drug-likeness (QED) is 0.778. The predicted octanol–water partition coefficient (Wildman–Crippen LogP) is 1.81. The van der Waals surface area contributed by atoms with Crippen molar-refractivity contribution in [3.05, 3.63) is 22.4 Å². The van der Waals surface area contributed by atoms with Crippen LogP contribution in [0.1, 0.15) is 24.3 Å². The van der Waals surface area contributed by atoms with E-state index in [1.807, 2.05) is 6.92 Å². The maximum Gasteiger partial charge on any atom is 0.325 e. The lowest BCUT2D eigenvalue weighted by Gasteiger charge is -2.19. The Bertz CT molecular complexity index is 443. The molecule has 0 aliphatic carbocycles. The fraction of sp³-hybridized carbons (Fsp3) is 0.500. The molecule has 0 bridgehead atoms. The van der Waals surface area contributed by atoms with Gasteiger partial charge in [0.2, 0.25) is 0 Å². The van der Waals surface area contributed by atoms with Crippen molar-refractivity contribution in [2.24, 2.45) is 7.05 Å². The third-order valence-corrected chi connectivity index (χ3v) is 2.92. The number of esters is 1. The molecule has 5 nitrogen and oxygen atoms in total. The van der Waals surface area contributed by atoms with Crippen LogP contribution in [0.3, 0.4) is 0 Å². The Morgan fingerprint density at radius 1 is 1.44 bits per heavy atom. The topological polar surface area (TPSA) is 51.5 Å². The standard InChI is InChI=1S/C12H17BrN2O3/c1-4-15(8-11(16)18-5-2)12(17)10-6-9(13)7-14(10)3/h6-7H,4-5,8H2,1-3H3. The third kappa shape index (κ3) is 3.60. The van der Waals surface area contributed by atoms with E-state index in [0.717, 1.165) is 4.47 Å². The van der Waals surface area contributed by atoms with E-state index in [4.69, 9.17) is 4.74 Å². The van der Waals surface area contributed by atoms with Gasteiger partial charge in [-0.25, -0.2) is 0 Å². The minimum absolute atomic E-state index is 0.0219. The Morgan fingerprint density at radius 2 is 2.11 bits per heavy atom. The second-order valence-electron chi connectivity index (χ2n) is 3.78. The third-order valence-electron chi connectivity index (χ3n) is 2.48. The van der Waals surface area contributed by atoms with Crippen LogP contribution in [0.2, 0.25) is 0 Å². The van der Waals surface area contributed by atoms with E-state index in [-0.39, 0.29) is 18.4 Å². The Kier molecular flexibility index (Phi) is 5.40. The highest BCUT2D eigenvalue weighted by Crippen LogP contribution is 2.15. The molecule has 1 aromatic rings. The fourth-order valence-electron chi connectivity index (χ4n) is 1.59. The minimum Gasteiger partial charge on any atom is -0.465 e. The SMILES string of the molecule is CCOC(=O)CN(CC)C(=O)c1cc(Br)cn1C. The van der Waals surface area contributed by atoms with Crippen LogP contribution in [-0.4, -0.2) is 41.0 Å². The van der Waals surface area contributed by atoms with E-state index in [1.165, 1.54) is 4.90 Å². The van der Waals surface area contributed by atoms with Crippen LogP contribution in [0.4, 0.5) is 0 Å². The van der Waals surface area contributed by atoms with Crippen LogP contribution in [0.5, 0.6) is 0 Å². The number of rotatable bonds is 5. The molecule has 0 fully saturated rings. The van der Waals surface area contributed by atoms with Gasteiger partial charge in [0.25, 0.3) is 5.91 Å². The summed E-state index contributed by atoms with van der Waals surface area (Å²) in [5, 5.41) is 0. The molecule has 1 heterocycles. The number of amides is 1. The van der Waals surface area contributed by atoms with Crippen molar-refractivity contribution in [2.45, 2.75) is 13.8 Å². The molecule has 18 heavy (non-hydrogen) atoms. The van der Waals surface area contributed by atoms with Crippen molar-refractivity contribution < 1.29 is 14.3 Å². The zero-order valence-electron chi connectivity index (χ0n) is 10.8. The number of hydrogen-bond donors (Lipinski definition) is 0. The zero-order valence-corrected chi connectivity index (χ0v) is 12.4. The predicted molar refractivity (Wildman–Crippen MR) is 71.3 cm³/mol. The van der Waals surface area contributed by atoms with E-state index in [1.54, 1.807) is 30.8 Å². The average molecular weight is 317 g/mol. The number of aromatic nitrogens is 1. The number of aryl methyl sites for hydroxylation is 1. The largest absolute Gasteiger partial charge is 0.465 e. The molecule has 100 valence electrons. The summed E-state index contributed by atoms with van der Waals surface area (Å²) in [5.41, 5.74) is 0.535. The maximum absolute atomic E-state index is 12.2. The van der Waals surface area contributed by atoms with Gasteiger partial charge in [-0.1, -0.05) is 0 Å². The molecule has 1 aromatic heterocycles. The van der Waals surface area contributed by atoms with Gasteiger partial charge >= 0.3 is 5.97 Å². The van der Waals surface area contributed by atoms with Crippen molar-refractivity contribution in [3.8, 4) is 0 Å². The number of ether oxygens (including phenoxy) is 1. The van der Waals surface area contributed by atoms with Crippen LogP contribution in [0, 0.1) is 0 Å². The van der Waals surface area contributed by atoms with Gasteiger partial charge < -0.3 is 14.2 Å². The number of hydrogen-bond acceptors (Lipinski definition) is 3. The van der Waals surface area contributed by atoms with Crippen LogP contribution in [0.25, 0.3) is 0 Å². The molecule has 1 amide bonds. The van der Waals surface area contributed by atoms with Crippen molar-refractivity contribution in [2.75, 3.05) is 19.7 Å². The summed E-state index contributed by atoms with van der Waals surface area (Å²) in [7, 11) is 1.79. The number of likely N-dealkylation sites (N-methyl/N-ethyl adjacent to an activating group) is 1. The molecule has 0 saturated carbocycles. The lowest BCUT2D eigenvalue weighted by Crippen LogP contribution is -2.37. The number of halogens is 1. The molecule has 0 aromatic carbocycles. The summed E-state index contributed by atoms with van der Waals surface area (Å²) in [5.74, 6) is -0.570. The normalized spacial score (nSPS) is 10.2. The molecule has 0 unspecified atom stereocenters. The van der Waals surface area contributed by atoms with Crippen LogP contribution < -0.4 is 0 Å². The number of nitrogens with zero attached hydrogens (tertiary/aromatic N) is 2. The van der Waals surface area contributed by atoms with Gasteiger partial charge in [0.05, 0.1) is 6.61 Å².